The number of halogens is 1. The summed E-state index contributed by atoms with van der Waals surface area (Å²) in [6.45, 7) is 0.991. The Kier molecular flexibility index (Phi) is 5.83. The molecule has 2 aromatic rings. The van der Waals surface area contributed by atoms with Crippen molar-refractivity contribution in [2.24, 2.45) is 0 Å². The second-order valence-electron chi connectivity index (χ2n) is 4.64. The van der Waals surface area contributed by atoms with Crippen molar-refractivity contribution in [3.8, 4) is 11.5 Å². The third-order valence-electron chi connectivity index (χ3n) is 3.11. The van der Waals surface area contributed by atoms with Gasteiger partial charge in [-0.3, -0.25) is 9.48 Å². The Morgan fingerprint density at radius 1 is 1.32 bits per heavy atom. The Hall–Kier alpha value is -2.02. The molecule has 0 aliphatic heterocycles. The molecule has 0 aliphatic rings. The van der Waals surface area contributed by atoms with Gasteiger partial charge >= 0.3 is 0 Å². The number of hydrogen-bond donors (Lipinski definition) is 1. The third-order valence-corrected chi connectivity index (χ3v) is 3.52. The topological polar surface area (TPSA) is 65.4 Å². The molecule has 7 heteroatoms. The lowest BCUT2D eigenvalue weighted by atomic mass is 10.2. The molecule has 0 saturated carbocycles. The average molecular weight is 368 g/mol. The summed E-state index contributed by atoms with van der Waals surface area (Å²) in [7, 11) is 3.18. The van der Waals surface area contributed by atoms with Crippen LogP contribution in [0.15, 0.2) is 35.1 Å². The maximum absolute atomic E-state index is 11.9. The molecule has 1 N–H and O–H groups in total. The normalized spacial score (nSPS) is 10.3. The Balaban J connectivity index is 1.83. The molecule has 0 atom stereocenters. The van der Waals surface area contributed by atoms with Crippen LogP contribution in [0.5, 0.6) is 11.5 Å². The molecule has 22 heavy (non-hydrogen) atoms. The summed E-state index contributed by atoms with van der Waals surface area (Å²) in [5.41, 5.74) is 0.952. The highest BCUT2D eigenvalue weighted by Crippen LogP contribution is 2.27. The predicted octanol–water partition coefficient (Wildman–Crippen LogP) is 2.37. The second-order valence-corrected chi connectivity index (χ2v) is 5.55. The SMILES string of the molecule is COc1ccc(CNC(=O)CCn2cc(Br)cn2)cc1OC. The quantitative estimate of drug-likeness (QED) is 0.815. The van der Waals surface area contributed by atoms with Gasteiger partial charge in [0.2, 0.25) is 5.91 Å². The monoisotopic (exact) mass is 367 g/mol. The van der Waals surface area contributed by atoms with Crippen molar-refractivity contribution in [1.82, 2.24) is 15.1 Å². The minimum Gasteiger partial charge on any atom is -0.493 e. The molecule has 1 heterocycles. The van der Waals surface area contributed by atoms with Gasteiger partial charge in [0.1, 0.15) is 0 Å². The number of methoxy groups -OCH3 is 2. The molecule has 0 aliphatic carbocycles. The van der Waals surface area contributed by atoms with Crippen molar-refractivity contribution in [3.05, 3.63) is 40.6 Å². The Bertz CT molecular complexity index is 643. The Morgan fingerprint density at radius 2 is 2.09 bits per heavy atom. The van der Waals surface area contributed by atoms with Crippen LogP contribution in [0.4, 0.5) is 0 Å². The van der Waals surface area contributed by atoms with Gasteiger partial charge in [0, 0.05) is 25.7 Å². The van der Waals surface area contributed by atoms with Gasteiger partial charge in [-0.05, 0) is 33.6 Å². The Morgan fingerprint density at radius 3 is 2.73 bits per heavy atom. The molecule has 0 fully saturated rings. The number of amides is 1. The number of benzene rings is 1. The number of nitrogens with zero attached hydrogens (tertiary/aromatic N) is 2. The van der Waals surface area contributed by atoms with Crippen molar-refractivity contribution in [2.45, 2.75) is 19.5 Å². The maximum atomic E-state index is 11.9. The molecule has 0 unspecified atom stereocenters. The minimum atomic E-state index is -0.0265. The fourth-order valence-corrected chi connectivity index (χ4v) is 2.28. The molecule has 6 nitrogen and oxygen atoms in total. The molecule has 0 radical (unpaired) electrons. The first-order valence-electron chi connectivity index (χ1n) is 6.78. The summed E-state index contributed by atoms with van der Waals surface area (Å²) < 4.78 is 13.0. The molecule has 2 rings (SSSR count). The number of ether oxygens (including phenoxy) is 2. The number of carbonyl (C=O) groups is 1. The van der Waals surface area contributed by atoms with Crippen molar-refractivity contribution >= 4 is 21.8 Å². The highest BCUT2D eigenvalue weighted by atomic mass is 79.9. The summed E-state index contributed by atoms with van der Waals surface area (Å²) in [4.78, 5) is 11.9. The van der Waals surface area contributed by atoms with Crippen LogP contribution < -0.4 is 14.8 Å². The number of carbonyl (C=O) groups excluding carboxylic acids is 1. The number of aromatic nitrogens is 2. The van der Waals surface area contributed by atoms with Crippen LogP contribution in [0.1, 0.15) is 12.0 Å². The number of aryl methyl sites for hydroxylation is 1. The highest BCUT2D eigenvalue weighted by molar-refractivity contribution is 9.10. The molecule has 118 valence electrons. The van der Waals surface area contributed by atoms with Gasteiger partial charge in [0.15, 0.2) is 11.5 Å². The lowest BCUT2D eigenvalue weighted by molar-refractivity contribution is -0.121. The lowest BCUT2D eigenvalue weighted by Gasteiger charge is -2.10. The van der Waals surface area contributed by atoms with E-state index in [0.717, 1.165) is 10.0 Å². The molecular formula is C15H18BrN3O3. The van der Waals surface area contributed by atoms with E-state index in [1.54, 1.807) is 25.1 Å². The summed E-state index contributed by atoms with van der Waals surface area (Å²) in [5.74, 6) is 1.29. The molecule has 0 saturated heterocycles. The van der Waals surface area contributed by atoms with Crippen molar-refractivity contribution < 1.29 is 14.3 Å². The minimum absolute atomic E-state index is 0.0265. The summed E-state index contributed by atoms with van der Waals surface area (Å²) in [5, 5.41) is 6.98. The van der Waals surface area contributed by atoms with Crippen LogP contribution in [-0.4, -0.2) is 29.9 Å². The van der Waals surface area contributed by atoms with Gasteiger partial charge in [0.25, 0.3) is 0 Å². The van der Waals surface area contributed by atoms with E-state index in [0.29, 0.717) is 31.0 Å². The maximum Gasteiger partial charge on any atom is 0.222 e. The van der Waals surface area contributed by atoms with E-state index in [1.165, 1.54) is 0 Å². The summed E-state index contributed by atoms with van der Waals surface area (Å²) >= 11 is 3.32. The standard InChI is InChI=1S/C15H18BrN3O3/c1-21-13-4-3-11(7-14(13)22-2)8-17-15(20)5-6-19-10-12(16)9-18-19/h3-4,7,9-10H,5-6,8H2,1-2H3,(H,17,20). The zero-order chi connectivity index (χ0) is 15.9. The lowest BCUT2D eigenvalue weighted by Crippen LogP contribution is -2.24. The van der Waals surface area contributed by atoms with Gasteiger partial charge in [-0.2, -0.15) is 5.10 Å². The first kappa shape index (κ1) is 16.4. The van der Waals surface area contributed by atoms with E-state index in [2.05, 4.69) is 26.3 Å². The van der Waals surface area contributed by atoms with Crippen LogP contribution >= 0.6 is 15.9 Å². The molecule has 1 aromatic heterocycles. The Labute approximate surface area is 137 Å². The third kappa shape index (κ3) is 4.49. The second kappa shape index (κ2) is 7.84. The molecular weight excluding hydrogens is 350 g/mol. The fraction of sp³-hybridized carbons (Fsp3) is 0.333. The van der Waals surface area contributed by atoms with E-state index >= 15 is 0 Å². The molecule has 0 bridgehead atoms. The van der Waals surface area contributed by atoms with Gasteiger partial charge in [-0.1, -0.05) is 6.07 Å². The molecule has 0 spiro atoms. The van der Waals surface area contributed by atoms with E-state index in [-0.39, 0.29) is 5.91 Å². The van der Waals surface area contributed by atoms with Gasteiger partial charge < -0.3 is 14.8 Å². The van der Waals surface area contributed by atoms with Crippen molar-refractivity contribution in [2.75, 3.05) is 14.2 Å². The van der Waals surface area contributed by atoms with Crippen LogP contribution in [0.25, 0.3) is 0 Å². The van der Waals surface area contributed by atoms with E-state index in [9.17, 15) is 4.79 Å². The molecule has 1 amide bonds. The van der Waals surface area contributed by atoms with Crippen molar-refractivity contribution in [3.63, 3.8) is 0 Å². The zero-order valence-electron chi connectivity index (χ0n) is 12.5. The van der Waals surface area contributed by atoms with E-state index in [4.69, 9.17) is 9.47 Å². The number of nitrogens with one attached hydrogen (secondary N) is 1. The number of hydrogen-bond acceptors (Lipinski definition) is 4. The first-order chi connectivity index (χ1) is 10.6. The van der Waals surface area contributed by atoms with Crippen LogP contribution in [0.3, 0.4) is 0 Å². The van der Waals surface area contributed by atoms with Crippen molar-refractivity contribution in [1.29, 1.82) is 0 Å². The summed E-state index contributed by atoms with van der Waals surface area (Å²) in [6, 6.07) is 5.57. The largest absolute Gasteiger partial charge is 0.493 e. The predicted molar refractivity (Wildman–Crippen MR) is 85.9 cm³/mol. The first-order valence-corrected chi connectivity index (χ1v) is 7.57. The summed E-state index contributed by atoms with van der Waals surface area (Å²) in [6.07, 6.45) is 3.91. The molecule has 1 aromatic carbocycles. The fourth-order valence-electron chi connectivity index (χ4n) is 1.96. The van der Waals surface area contributed by atoms with Crippen LogP contribution in [0.2, 0.25) is 0 Å². The van der Waals surface area contributed by atoms with E-state index < -0.39 is 0 Å². The van der Waals surface area contributed by atoms with Crippen LogP contribution in [0, 0.1) is 0 Å². The van der Waals surface area contributed by atoms with Gasteiger partial charge in [-0.25, -0.2) is 0 Å². The van der Waals surface area contributed by atoms with E-state index in [1.807, 2.05) is 24.4 Å². The average Bonchev–Trinajstić information content (AvgIpc) is 2.96. The van der Waals surface area contributed by atoms with Gasteiger partial charge in [-0.15, -0.1) is 0 Å². The number of rotatable bonds is 7. The van der Waals surface area contributed by atoms with Gasteiger partial charge in [0.05, 0.1) is 24.9 Å². The highest BCUT2D eigenvalue weighted by Gasteiger charge is 2.06. The zero-order valence-corrected chi connectivity index (χ0v) is 14.1. The van der Waals surface area contributed by atoms with Crippen LogP contribution in [-0.2, 0) is 17.9 Å². The smallest absolute Gasteiger partial charge is 0.222 e.